The third-order valence-electron chi connectivity index (χ3n) is 5.00. The van der Waals surface area contributed by atoms with Crippen molar-refractivity contribution in [2.45, 2.75) is 26.8 Å². The molecule has 8 nitrogen and oxygen atoms in total. The van der Waals surface area contributed by atoms with E-state index in [1.807, 2.05) is 50.7 Å². The lowest BCUT2D eigenvalue weighted by atomic mass is 10.1. The van der Waals surface area contributed by atoms with E-state index in [0.29, 0.717) is 30.4 Å². The van der Waals surface area contributed by atoms with Gasteiger partial charge in [-0.15, -0.1) is 0 Å². The molecule has 1 aromatic carbocycles. The lowest BCUT2D eigenvalue weighted by Gasteiger charge is -2.21. The maximum atomic E-state index is 12.7. The Morgan fingerprint density at radius 2 is 1.96 bits per heavy atom. The molecule has 1 unspecified atom stereocenters. The van der Waals surface area contributed by atoms with Crippen LogP contribution >= 0.6 is 0 Å². The number of ether oxygens (including phenoxy) is 2. The van der Waals surface area contributed by atoms with Crippen LogP contribution in [0.1, 0.15) is 40.4 Å². The fraction of sp³-hybridized carbons (Fsp3) is 0.350. The minimum absolute atomic E-state index is 0.197. The summed E-state index contributed by atoms with van der Waals surface area (Å²) < 4.78 is 13.0. The second-order valence-electron chi connectivity index (χ2n) is 6.93. The van der Waals surface area contributed by atoms with Crippen molar-refractivity contribution < 1.29 is 14.3 Å². The molecule has 3 heterocycles. The van der Waals surface area contributed by atoms with Crippen molar-refractivity contribution in [3.8, 4) is 22.8 Å². The second kappa shape index (κ2) is 7.03. The van der Waals surface area contributed by atoms with Crippen LogP contribution in [-0.4, -0.2) is 39.1 Å². The first kappa shape index (κ1) is 18.1. The lowest BCUT2D eigenvalue weighted by Crippen LogP contribution is -2.27. The number of benzene rings is 1. The van der Waals surface area contributed by atoms with Gasteiger partial charge in [-0.25, -0.2) is 0 Å². The van der Waals surface area contributed by atoms with E-state index < -0.39 is 0 Å². The van der Waals surface area contributed by atoms with Crippen LogP contribution in [0.4, 0.5) is 0 Å². The molecule has 0 fully saturated rings. The highest BCUT2D eigenvalue weighted by Crippen LogP contribution is 2.32. The number of carbonyl (C=O) groups is 1. The molecule has 0 saturated heterocycles. The number of H-pyrrole nitrogens is 1. The van der Waals surface area contributed by atoms with Crippen molar-refractivity contribution in [1.82, 2.24) is 25.3 Å². The SMILES string of the molecule is Cc1nn(C)c(C)c1-c1cc(C(=O)NC(C)c2ccc3c(c2)OCCO3)[nH]n1. The van der Waals surface area contributed by atoms with Crippen molar-refractivity contribution in [2.75, 3.05) is 13.2 Å². The third kappa shape index (κ3) is 3.21. The van der Waals surface area contributed by atoms with Gasteiger partial charge < -0.3 is 14.8 Å². The van der Waals surface area contributed by atoms with Crippen LogP contribution < -0.4 is 14.8 Å². The van der Waals surface area contributed by atoms with E-state index in [0.717, 1.165) is 28.3 Å². The van der Waals surface area contributed by atoms with E-state index >= 15 is 0 Å². The van der Waals surface area contributed by atoms with Gasteiger partial charge in [-0.05, 0) is 44.5 Å². The number of carbonyl (C=O) groups excluding carboxylic acids is 1. The average molecular weight is 381 g/mol. The zero-order chi connectivity index (χ0) is 19.8. The predicted molar refractivity (Wildman–Crippen MR) is 104 cm³/mol. The van der Waals surface area contributed by atoms with Crippen LogP contribution in [0.3, 0.4) is 0 Å². The molecule has 28 heavy (non-hydrogen) atoms. The van der Waals surface area contributed by atoms with Crippen molar-refractivity contribution in [3.05, 3.63) is 46.9 Å². The molecule has 2 N–H and O–H groups in total. The Morgan fingerprint density at radius 1 is 1.21 bits per heavy atom. The minimum Gasteiger partial charge on any atom is -0.486 e. The molecule has 3 aromatic rings. The van der Waals surface area contributed by atoms with Gasteiger partial charge in [0.1, 0.15) is 18.9 Å². The molecule has 1 atom stereocenters. The first-order chi connectivity index (χ1) is 13.4. The summed E-state index contributed by atoms with van der Waals surface area (Å²) in [5.74, 6) is 1.21. The normalized spacial score (nSPS) is 14.0. The number of amides is 1. The summed E-state index contributed by atoms with van der Waals surface area (Å²) in [6.07, 6.45) is 0. The number of nitrogens with one attached hydrogen (secondary N) is 2. The summed E-state index contributed by atoms with van der Waals surface area (Å²) >= 11 is 0. The molecule has 146 valence electrons. The number of nitrogens with zero attached hydrogens (tertiary/aromatic N) is 3. The zero-order valence-electron chi connectivity index (χ0n) is 16.4. The Bertz CT molecular complexity index is 1040. The largest absolute Gasteiger partial charge is 0.486 e. The summed E-state index contributed by atoms with van der Waals surface area (Å²) in [7, 11) is 1.89. The Balaban J connectivity index is 1.50. The molecular weight excluding hydrogens is 358 g/mol. The van der Waals surface area contributed by atoms with E-state index in [4.69, 9.17) is 9.47 Å². The zero-order valence-corrected chi connectivity index (χ0v) is 16.4. The summed E-state index contributed by atoms with van der Waals surface area (Å²) in [6, 6.07) is 7.26. The van der Waals surface area contributed by atoms with E-state index in [9.17, 15) is 4.79 Å². The van der Waals surface area contributed by atoms with Gasteiger partial charge in [0, 0.05) is 18.3 Å². The molecule has 0 aliphatic carbocycles. The summed E-state index contributed by atoms with van der Waals surface area (Å²) in [6.45, 7) is 6.92. The smallest absolute Gasteiger partial charge is 0.269 e. The fourth-order valence-corrected chi connectivity index (χ4v) is 3.40. The van der Waals surface area contributed by atoms with Crippen molar-refractivity contribution in [3.63, 3.8) is 0 Å². The molecule has 0 bridgehead atoms. The maximum Gasteiger partial charge on any atom is 0.269 e. The van der Waals surface area contributed by atoms with Crippen LogP contribution in [-0.2, 0) is 7.05 Å². The molecule has 0 spiro atoms. The molecular formula is C20H23N5O3. The second-order valence-corrected chi connectivity index (χ2v) is 6.93. The van der Waals surface area contributed by atoms with E-state index in [1.165, 1.54) is 0 Å². The fourth-order valence-electron chi connectivity index (χ4n) is 3.40. The quantitative estimate of drug-likeness (QED) is 0.725. The topological polar surface area (TPSA) is 94.1 Å². The number of aromatic nitrogens is 4. The summed E-state index contributed by atoms with van der Waals surface area (Å²) in [5.41, 5.74) is 4.87. The Labute approximate surface area is 162 Å². The Hall–Kier alpha value is -3.29. The van der Waals surface area contributed by atoms with Crippen molar-refractivity contribution >= 4 is 5.91 Å². The highest BCUT2D eigenvalue weighted by Gasteiger charge is 2.20. The van der Waals surface area contributed by atoms with Gasteiger partial charge in [-0.1, -0.05) is 6.07 Å². The first-order valence-electron chi connectivity index (χ1n) is 9.20. The van der Waals surface area contributed by atoms with E-state index in [1.54, 1.807) is 6.07 Å². The number of hydrogen-bond donors (Lipinski definition) is 2. The molecule has 1 amide bonds. The molecule has 1 aliphatic heterocycles. The summed E-state index contributed by atoms with van der Waals surface area (Å²) in [5, 5.41) is 14.5. The van der Waals surface area contributed by atoms with Gasteiger partial charge in [-0.2, -0.15) is 10.2 Å². The average Bonchev–Trinajstić information content (AvgIpc) is 3.26. The van der Waals surface area contributed by atoms with Crippen LogP contribution in [0.5, 0.6) is 11.5 Å². The van der Waals surface area contributed by atoms with Crippen LogP contribution in [0.2, 0.25) is 0 Å². The highest BCUT2D eigenvalue weighted by molar-refractivity contribution is 5.93. The van der Waals surface area contributed by atoms with Gasteiger partial charge >= 0.3 is 0 Å². The van der Waals surface area contributed by atoms with Crippen molar-refractivity contribution in [2.24, 2.45) is 7.05 Å². The van der Waals surface area contributed by atoms with Crippen LogP contribution in [0.25, 0.3) is 11.3 Å². The number of fused-ring (bicyclic) bond motifs is 1. The molecule has 4 rings (SSSR count). The van der Waals surface area contributed by atoms with E-state index in [-0.39, 0.29) is 11.9 Å². The van der Waals surface area contributed by atoms with Gasteiger partial charge in [0.15, 0.2) is 11.5 Å². The first-order valence-corrected chi connectivity index (χ1v) is 9.20. The predicted octanol–water partition coefficient (Wildman–Crippen LogP) is 2.69. The van der Waals surface area contributed by atoms with Gasteiger partial charge in [0.05, 0.1) is 17.4 Å². The lowest BCUT2D eigenvalue weighted by molar-refractivity contribution is 0.0934. The molecule has 1 aliphatic rings. The third-order valence-corrected chi connectivity index (χ3v) is 5.00. The van der Waals surface area contributed by atoms with E-state index in [2.05, 4.69) is 20.6 Å². The van der Waals surface area contributed by atoms with Gasteiger partial charge in [0.25, 0.3) is 5.91 Å². The number of aryl methyl sites for hydroxylation is 2. The van der Waals surface area contributed by atoms with Crippen LogP contribution in [0, 0.1) is 13.8 Å². The number of rotatable bonds is 4. The highest BCUT2D eigenvalue weighted by atomic mass is 16.6. The molecule has 2 aromatic heterocycles. The standard InChI is InChI=1S/C20H23N5O3/c1-11(14-5-6-17-18(9-14)28-8-7-27-17)21-20(26)16-10-15(22-23-16)19-12(2)24-25(4)13(19)3/h5-6,9-11H,7-8H2,1-4H3,(H,21,26)(H,22,23). The Kier molecular flexibility index (Phi) is 4.54. The monoisotopic (exact) mass is 381 g/mol. The van der Waals surface area contributed by atoms with Crippen molar-refractivity contribution in [1.29, 1.82) is 0 Å². The molecule has 0 saturated carbocycles. The van der Waals surface area contributed by atoms with Gasteiger partial charge in [-0.3, -0.25) is 14.6 Å². The maximum absolute atomic E-state index is 12.7. The minimum atomic E-state index is -0.222. The number of hydrogen-bond acceptors (Lipinski definition) is 5. The molecule has 0 radical (unpaired) electrons. The Morgan fingerprint density at radius 3 is 2.68 bits per heavy atom. The number of aromatic amines is 1. The molecule has 8 heteroatoms. The van der Waals surface area contributed by atoms with Crippen LogP contribution in [0.15, 0.2) is 24.3 Å². The van der Waals surface area contributed by atoms with Gasteiger partial charge in [0.2, 0.25) is 0 Å². The summed E-state index contributed by atoms with van der Waals surface area (Å²) in [4.78, 5) is 12.7.